The zero-order chi connectivity index (χ0) is 19.7. The Kier molecular flexibility index (Phi) is 5.19. The molecule has 0 N–H and O–H groups in total. The van der Waals surface area contributed by atoms with Gasteiger partial charge in [0.2, 0.25) is 0 Å². The molecule has 0 unspecified atom stereocenters. The van der Waals surface area contributed by atoms with Crippen molar-refractivity contribution >= 4 is 35.2 Å². The monoisotopic (exact) mass is 381 g/mol. The van der Waals surface area contributed by atoms with Gasteiger partial charge in [-0.25, -0.2) is 4.79 Å². The Labute approximate surface area is 163 Å². The van der Waals surface area contributed by atoms with Crippen molar-refractivity contribution in [3.8, 4) is 0 Å². The van der Waals surface area contributed by atoms with E-state index in [1.807, 2.05) is 44.2 Å². The highest BCUT2D eigenvalue weighted by Crippen LogP contribution is 2.36. The molecule has 27 heavy (non-hydrogen) atoms. The van der Waals surface area contributed by atoms with E-state index in [2.05, 4.69) is 0 Å². The van der Waals surface area contributed by atoms with Crippen molar-refractivity contribution in [1.29, 1.82) is 0 Å². The highest BCUT2D eigenvalue weighted by atomic mass is 35.5. The topological polar surface area (TPSA) is 46.6 Å². The Morgan fingerprint density at radius 3 is 2.41 bits per heavy atom. The summed E-state index contributed by atoms with van der Waals surface area (Å²) in [6, 6.07) is 12.9. The van der Waals surface area contributed by atoms with E-state index in [9.17, 15) is 9.59 Å². The molecule has 0 spiro atoms. The zero-order valence-corrected chi connectivity index (χ0v) is 16.4. The number of allylic oxidation sites excluding steroid dienone is 1. The standard InChI is InChI=1S/C22H20ClNO3/c1-13-9-10-17(11-14(13)2)24-15(3)20(22(26)27-4)18(21(24)25)12-16-7-5-6-8-19(16)23/h5-12H,1-4H3/b18-12-. The van der Waals surface area contributed by atoms with Crippen molar-refractivity contribution in [1.82, 2.24) is 0 Å². The molecular formula is C22H20ClNO3. The highest BCUT2D eigenvalue weighted by molar-refractivity contribution is 6.32. The van der Waals surface area contributed by atoms with Gasteiger partial charge in [-0.2, -0.15) is 0 Å². The SMILES string of the molecule is COC(=O)C1=C(C)N(c2ccc(C)c(C)c2)C(=O)/C1=C\c1ccccc1Cl. The van der Waals surface area contributed by atoms with Crippen molar-refractivity contribution in [3.05, 3.63) is 81.0 Å². The number of methoxy groups -OCH3 is 1. The average molecular weight is 382 g/mol. The smallest absolute Gasteiger partial charge is 0.340 e. The lowest BCUT2D eigenvalue weighted by molar-refractivity contribution is -0.136. The Balaban J connectivity index is 2.17. The molecule has 3 rings (SSSR count). The second kappa shape index (κ2) is 7.41. The number of carbonyl (C=O) groups excluding carboxylic acids is 2. The number of ether oxygens (including phenoxy) is 1. The van der Waals surface area contributed by atoms with Gasteiger partial charge in [-0.05, 0) is 61.7 Å². The lowest BCUT2D eigenvalue weighted by Crippen LogP contribution is -2.24. The van der Waals surface area contributed by atoms with Gasteiger partial charge in [0.05, 0.1) is 18.3 Å². The molecule has 4 nitrogen and oxygen atoms in total. The number of hydrogen-bond acceptors (Lipinski definition) is 3. The molecule has 0 saturated carbocycles. The summed E-state index contributed by atoms with van der Waals surface area (Å²) in [5.41, 5.74) is 4.63. The average Bonchev–Trinajstić information content (AvgIpc) is 2.89. The molecule has 0 aliphatic carbocycles. The molecule has 1 aliphatic heterocycles. The van der Waals surface area contributed by atoms with Crippen LogP contribution in [0.25, 0.3) is 6.08 Å². The van der Waals surface area contributed by atoms with Crippen LogP contribution in [0.1, 0.15) is 23.6 Å². The number of anilines is 1. The summed E-state index contributed by atoms with van der Waals surface area (Å²) in [7, 11) is 1.30. The van der Waals surface area contributed by atoms with Gasteiger partial charge < -0.3 is 4.74 Å². The van der Waals surface area contributed by atoms with Crippen LogP contribution in [0.3, 0.4) is 0 Å². The van der Waals surface area contributed by atoms with Crippen LogP contribution in [0, 0.1) is 13.8 Å². The Bertz CT molecular complexity index is 1000. The van der Waals surface area contributed by atoms with Crippen molar-refractivity contribution in [2.24, 2.45) is 0 Å². The first-order valence-corrected chi connectivity index (χ1v) is 8.90. The maximum Gasteiger partial charge on any atom is 0.340 e. The number of esters is 1. The van der Waals surface area contributed by atoms with Crippen LogP contribution in [0.2, 0.25) is 5.02 Å². The quantitative estimate of drug-likeness (QED) is 0.565. The maximum absolute atomic E-state index is 13.2. The summed E-state index contributed by atoms with van der Waals surface area (Å²) in [5.74, 6) is -0.832. The Morgan fingerprint density at radius 1 is 1.07 bits per heavy atom. The van der Waals surface area contributed by atoms with Gasteiger partial charge in [-0.15, -0.1) is 0 Å². The predicted molar refractivity (Wildman–Crippen MR) is 108 cm³/mol. The minimum absolute atomic E-state index is 0.251. The highest BCUT2D eigenvalue weighted by Gasteiger charge is 2.38. The van der Waals surface area contributed by atoms with Crippen molar-refractivity contribution in [2.75, 3.05) is 12.0 Å². The predicted octanol–water partition coefficient (Wildman–Crippen LogP) is 4.83. The molecule has 0 aromatic heterocycles. The van der Waals surface area contributed by atoms with Crippen LogP contribution >= 0.6 is 11.6 Å². The molecule has 2 aromatic carbocycles. The molecule has 1 heterocycles. The van der Waals surface area contributed by atoms with E-state index < -0.39 is 5.97 Å². The summed E-state index contributed by atoms with van der Waals surface area (Å²) < 4.78 is 4.93. The van der Waals surface area contributed by atoms with Gasteiger partial charge in [-0.3, -0.25) is 9.69 Å². The lowest BCUT2D eigenvalue weighted by atomic mass is 10.0. The van der Waals surface area contributed by atoms with Crippen molar-refractivity contribution in [2.45, 2.75) is 20.8 Å². The Morgan fingerprint density at radius 2 is 1.78 bits per heavy atom. The second-order valence-corrected chi connectivity index (χ2v) is 6.85. The van der Waals surface area contributed by atoms with Crippen LogP contribution in [-0.4, -0.2) is 19.0 Å². The molecule has 0 radical (unpaired) electrons. The molecule has 1 aliphatic rings. The van der Waals surface area contributed by atoms with Gasteiger partial charge in [-0.1, -0.05) is 35.9 Å². The first-order chi connectivity index (χ1) is 12.8. The maximum atomic E-state index is 13.2. The second-order valence-electron chi connectivity index (χ2n) is 6.44. The van der Waals surface area contributed by atoms with E-state index in [0.717, 1.165) is 11.1 Å². The van der Waals surface area contributed by atoms with E-state index in [0.29, 0.717) is 22.0 Å². The number of nitrogens with zero attached hydrogens (tertiary/aromatic N) is 1. The molecule has 0 atom stereocenters. The van der Waals surface area contributed by atoms with Crippen LogP contribution < -0.4 is 4.90 Å². The van der Waals surface area contributed by atoms with E-state index in [-0.39, 0.29) is 17.1 Å². The van der Waals surface area contributed by atoms with Gasteiger partial charge in [0, 0.05) is 16.4 Å². The fourth-order valence-electron chi connectivity index (χ4n) is 3.10. The molecule has 138 valence electrons. The van der Waals surface area contributed by atoms with Gasteiger partial charge in [0.1, 0.15) is 0 Å². The van der Waals surface area contributed by atoms with Crippen molar-refractivity contribution < 1.29 is 14.3 Å². The first kappa shape index (κ1) is 18.9. The normalized spacial score (nSPS) is 15.7. The third kappa shape index (κ3) is 3.40. The van der Waals surface area contributed by atoms with Crippen LogP contribution in [0.15, 0.2) is 59.3 Å². The summed E-state index contributed by atoms with van der Waals surface area (Å²) in [4.78, 5) is 27.2. The third-order valence-electron chi connectivity index (χ3n) is 4.74. The number of halogens is 1. The van der Waals surface area contributed by atoms with E-state index >= 15 is 0 Å². The van der Waals surface area contributed by atoms with Crippen LogP contribution in [0.4, 0.5) is 5.69 Å². The fraction of sp³-hybridized carbons (Fsp3) is 0.182. The summed E-state index contributed by atoms with van der Waals surface area (Å²) in [6.07, 6.45) is 1.64. The fourth-order valence-corrected chi connectivity index (χ4v) is 3.29. The number of amides is 1. The third-order valence-corrected chi connectivity index (χ3v) is 5.09. The number of benzene rings is 2. The molecular weight excluding hydrogens is 362 g/mol. The van der Waals surface area contributed by atoms with Crippen molar-refractivity contribution in [3.63, 3.8) is 0 Å². The summed E-state index contributed by atoms with van der Waals surface area (Å²) >= 11 is 6.24. The first-order valence-electron chi connectivity index (χ1n) is 8.52. The number of carbonyl (C=O) groups is 2. The van der Waals surface area contributed by atoms with E-state index in [4.69, 9.17) is 16.3 Å². The largest absolute Gasteiger partial charge is 0.465 e. The molecule has 2 aromatic rings. The summed E-state index contributed by atoms with van der Waals surface area (Å²) in [6.45, 7) is 5.74. The summed E-state index contributed by atoms with van der Waals surface area (Å²) in [5, 5.41) is 0.504. The lowest BCUT2D eigenvalue weighted by Gasteiger charge is -2.19. The Hall–Kier alpha value is -2.85. The molecule has 5 heteroatoms. The van der Waals surface area contributed by atoms with Gasteiger partial charge in [0.15, 0.2) is 0 Å². The van der Waals surface area contributed by atoms with Crippen LogP contribution in [0.5, 0.6) is 0 Å². The van der Waals surface area contributed by atoms with E-state index in [1.165, 1.54) is 7.11 Å². The minimum atomic E-state index is -0.550. The van der Waals surface area contributed by atoms with E-state index in [1.54, 1.807) is 30.0 Å². The number of rotatable bonds is 3. The molecule has 0 bridgehead atoms. The number of aryl methyl sites for hydroxylation is 2. The molecule has 0 fully saturated rings. The molecule has 1 amide bonds. The zero-order valence-electron chi connectivity index (χ0n) is 15.7. The van der Waals surface area contributed by atoms with Crippen LogP contribution in [-0.2, 0) is 14.3 Å². The van der Waals surface area contributed by atoms with Gasteiger partial charge in [0.25, 0.3) is 5.91 Å². The minimum Gasteiger partial charge on any atom is -0.465 e. The number of hydrogen-bond donors (Lipinski definition) is 0. The molecule has 0 saturated heterocycles. The van der Waals surface area contributed by atoms with Gasteiger partial charge >= 0.3 is 5.97 Å².